The maximum Gasteiger partial charge on any atom is 0.0688 e. The van der Waals surface area contributed by atoms with Gasteiger partial charge in [-0.15, -0.1) is 9.24 Å². The van der Waals surface area contributed by atoms with Gasteiger partial charge in [0.25, 0.3) is 0 Å². The number of hydrogen-bond acceptors (Lipinski definition) is 2. The minimum atomic E-state index is -0.265. The zero-order valence-electron chi connectivity index (χ0n) is 7.51. The Bertz CT molecular complexity index is 88.2. The van der Waals surface area contributed by atoms with Crippen molar-refractivity contribution < 1.29 is 5.11 Å². The molecule has 0 saturated heterocycles. The van der Waals surface area contributed by atoms with Crippen LogP contribution in [0.2, 0.25) is 0 Å². The van der Waals surface area contributed by atoms with Crippen molar-refractivity contribution in [2.75, 3.05) is 6.54 Å². The van der Waals surface area contributed by atoms with Gasteiger partial charge in [-0.25, -0.2) is 0 Å². The molecular weight excluding hydrogens is 157 g/mol. The maximum atomic E-state index is 9.00. The van der Waals surface area contributed by atoms with E-state index in [0.29, 0.717) is 6.04 Å². The lowest BCUT2D eigenvalue weighted by atomic mass is 10.2. The molecule has 0 amide bonds. The van der Waals surface area contributed by atoms with Crippen molar-refractivity contribution in [2.45, 2.75) is 45.0 Å². The summed E-state index contributed by atoms with van der Waals surface area (Å²) in [6.07, 6.45) is 3.26. The van der Waals surface area contributed by atoms with Gasteiger partial charge in [-0.3, -0.25) is 0 Å². The maximum absolute atomic E-state index is 9.00. The van der Waals surface area contributed by atoms with E-state index in [4.69, 9.17) is 5.11 Å². The Morgan fingerprint density at radius 2 is 2.18 bits per heavy atom. The quantitative estimate of drug-likeness (QED) is 0.474. The van der Waals surface area contributed by atoms with Gasteiger partial charge in [-0.2, -0.15) is 0 Å². The van der Waals surface area contributed by atoms with Gasteiger partial charge in [-0.05, 0) is 26.3 Å². The Hall–Kier alpha value is 0.350. The Morgan fingerprint density at radius 3 is 2.64 bits per heavy atom. The van der Waals surface area contributed by atoms with Crippen LogP contribution in [0.25, 0.3) is 0 Å². The molecule has 0 saturated carbocycles. The third-order valence-electron chi connectivity index (χ3n) is 1.62. The summed E-state index contributed by atoms with van der Waals surface area (Å²) in [5, 5.41) is 12.3. The number of aliphatic hydroxyl groups excluding tert-OH is 1. The molecule has 0 aromatic heterocycles. The van der Waals surface area contributed by atoms with Crippen molar-refractivity contribution in [1.29, 1.82) is 0 Å². The average molecular weight is 177 g/mol. The predicted molar refractivity (Wildman–Crippen MR) is 52.7 cm³/mol. The van der Waals surface area contributed by atoms with Gasteiger partial charge >= 0.3 is 0 Å². The van der Waals surface area contributed by atoms with Gasteiger partial charge in [0, 0.05) is 6.04 Å². The van der Waals surface area contributed by atoms with E-state index in [2.05, 4.69) is 28.4 Å². The third-order valence-corrected chi connectivity index (χ3v) is 1.89. The molecule has 0 aromatic rings. The van der Waals surface area contributed by atoms with E-state index in [0.717, 1.165) is 13.0 Å². The second-order valence-electron chi connectivity index (χ2n) is 3.01. The molecule has 0 aliphatic carbocycles. The Morgan fingerprint density at radius 1 is 1.55 bits per heavy atom. The van der Waals surface area contributed by atoms with Crippen LogP contribution in [0.1, 0.15) is 33.1 Å². The molecule has 3 heteroatoms. The summed E-state index contributed by atoms with van der Waals surface area (Å²) >= 11 is 0. The van der Waals surface area contributed by atoms with Crippen LogP contribution in [-0.2, 0) is 0 Å². The van der Waals surface area contributed by atoms with Gasteiger partial charge < -0.3 is 10.4 Å². The molecule has 2 N–H and O–H groups in total. The first-order valence-corrected chi connectivity index (χ1v) is 5.00. The normalized spacial score (nSPS) is 16.4. The molecule has 0 aliphatic heterocycles. The van der Waals surface area contributed by atoms with Crippen LogP contribution in [0.3, 0.4) is 0 Å². The topological polar surface area (TPSA) is 32.3 Å². The lowest BCUT2D eigenvalue weighted by Gasteiger charge is -2.14. The fourth-order valence-electron chi connectivity index (χ4n) is 0.971. The van der Waals surface area contributed by atoms with Gasteiger partial charge in [0.2, 0.25) is 0 Å². The summed E-state index contributed by atoms with van der Waals surface area (Å²) in [5.74, 6) is -0.265. The first-order chi connectivity index (χ1) is 5.16. The van der Waals surface area contributed by atoms with Gasteiger partial charge in [0.15, 0.2) is 0 Å². The van der Waals surface area contributed by atoms with Gasteiger partial charge in [0.1, 0.15) is 0 Å². The molecule has 0 heterocycles. The number of unbranched alkanes of at least 4 members (excludes halogenated alkanes) is 1. The summed E-state index contributed by atoms with van der Waals surface area (Å²) in [7, 11) is 2.39. The third kappa shape index (κ3) is 8.25. The van der Waals surface area contributed by atoms with Gasteiger partial charge in [-0.1, -0.05) is 13.3 Å². The Kier molecular flexibility index (Phi) is 7.25. The van der Waals surface area contributed by atoms with Crippen LogP contribution in [0.5, 0.6) is 0 Å². The highest BCUT2D eigenvalue weighted by molar-refractivity contribution is 7.17. The molecule has 0 rings (SSSR count). The molecular formula is C8H20NOP. The fraction of sp³-hybridized carbons (Fsp3) is 1.00. The Balaban J connectivity index is 3.15. The summed E-state index contributed by atoms with van der Waals surface area (Å²) in [5.41, 5.74) is 0. The van der Waals surface area contributed by atoms with Crippen molar-refractivity contribution in [2.24, 2.45) is 0 Å². The van der Waals surface area contributed by atoms with E-state index in [9.17, 15) is 0 Å². The molecule has 2 nitrogen and oxygen atoms in total. The first-order valence-electron chi connectivity index (χ1n) is 4.33. The monoisotopic (exact) mass is 177 g/mol. The number of rotatable bonds is 6. The lowest BCUT2D eigenvalue weighted by molar-refractivity contribution is 0.234. The van der Waals surface area contributed by atoms with Crippen molar-refractivity contribution in [1.82, 2.24) is 5.32 Å². The number of aliphatic hydroxyl groups is 1. The summed E-state index contributed by atoms with van der Waals surface area (Å²) in [6, 6.07) is 0.425. The van der Waals surface area contributed by atoms with Crippen molar-refractivity contribution in [3.63, 3.8) is 0 Å². The molecule has 0 bridgehead atoms. The standard InChI is InChI=1S/C8H20NOP/c1-3-4-5-9-7(2)6-8(10)11/h7-10H,3-6,11H2,1-2H3. The van der Waals surface area contributed by atoms with Crippen LogP contribution in [0, 0.1) is 0 Å². The molecule has 0 fully saturated rings. The highest BCUT2D eigenvalue weighted by Gasteiger charge is 2.03. The fourth-order valence-corrected chi connectivity index (χ4v) is 1.38. The summed E-state index contributed by atoms with van der Waals surface area (Å²) < 4.78 is 0. The van der Waals surface area contributed by atoms with E-state index in [1.165, 1.54) is 12.8 Å². The largest absolute Gasteiger partial charge is 0.389 e. The summed E-state index contributed by atoms with van der Waals surface area (Å²) in [4.78, 5) is 0. The number of hydrogen-bond donors (Lipinski definition) is 2. The van der Waals surface area contributed by atoms with Crippen LogP contribution < -0.4 is 5.32 Å². The van der Waals surface area contributed by atoms with E-state index < -0.39 is 0 Å². The van der Waals surface area contributed by atoms with E-state index in [1.54, 1.807) is 0 Å². The molecule has 0 aliphatic rings. The van der Waals surface area contributed by atoms with E-state index in [-0.39, 0.29) is 5.85 Å². The predicted octanol–water partition coefficient (Wildman–Crippen LogP) is 1.35. The smallest absolute Gasteiger partial charge is 0.0688 e. The van der Waals surface area contributed by atoms with E-state index in [1.807, 2.05) is 0 Å². The van der Waals surface area contributed by atoms with Crippen LogP contribution in [0.15, 0.2) is 0 Å². The molecule has 11 heavy (non-hydrogen) atoms. The van der Waals surface area contributed by atoms with Crippen LogP contribution in [0.4, 0.5) is 0 Å². The second kappa shape index (κ2) is 7.02. The van der Waals surface area contributed by atoms with Crippen molar-refractivity contribution in [3.05, 3.63) is 0 Å². The molecule has 0 aromatic carbocycles. The van der Waals surface area contributed by atoms with Crippen LogP contribution in [-0.4, -0.2) is 23.5 Å². The molecule has 0 radical (unpaired) electrons. The molecule has 68 valence electrons. The Labute approximate surface area is 72.0 Å². The summed E-state index contributed by atoms with van der Waals surface area (Å²) in [6.45, 7) is 5.34. The van der Waals surface area contributed by atoms with E-state index >= 15 is 0 Å². The molecule has 0 spiro atoms. The zero-order valence-corrected chi connectivity index (χ0v) is 8.66. The highest BCUT2D eigenvalue weighted by Crippen LogP contribution is 2.03. The number of nitrogens with one attached hydrogen (secondary N) is 1. The lowest BCUT2D eigenvalue weighted by Crippen LogP contribution is -2.29. The SMILES string of the molecule is CCCCNC(C)CC(O)P. The minimum absolute atomic E-state index is 0.265. The van der Waals surface area contributed by atoms with Crippen molar-refractivity contribution in [3.8, 4) is 0 Å². The van der Waals surface area contributed by atoms with Crippen LogP contribution >= 0.6 is 9.24 Å². The second-order valence-corrected chi connectivity index (χ2v) is 3.78. The minimum Gasteiger partial charge on any atom is -0.389 e. The average Bonchev–Trinajstić information content (AvgIpc) is 1.86. The first kappa shape index (κ1) is 11.4. The molecule has 3 unspecified atom stereocenters. The highest BCUT2D eigenvalue weighted by atomic mass is 31.0. The van der Waals surface area contributed by atoms with Gasteiger partial charge in [0.05, 0.1) is 5.85 Å². The molecule has 3 atom stereocenters. The zero-order chi connectivity index (χ0) is 8.69. The van der Waals surface area contributed by atoms with Crippen molar-refractivity contribution >= 4 is 9.24 Å².